The van der Waals surface area contributed by atoms with Crippen molar-refractivity contribution in [3.8, 4) is 5.69 Å². The largest absolute Gasteiger partial charge is 0.479 e. The molecule has 0 spiro atoms. The number of aryl methyl sites for hydroxylation is 1. The van der Waals surface area contributed by atoms with Gasteiger partial charge in [0.15, 0.2) is 6.04 Å². The SMILES string of the molecule is Cc1nn(-c2ccc(F)cc2)c(C)c1[C@H](NC(=O)Nc1ccccc1)C(=O)O. The first kappa shape index (κ1) is 19.1. The Morgan fingerprint density at radius 3 is 2.32 bits per heavy atom. The van der Waals surface area contributed by atoms with E-state index in [1.54, 1.807) is 56.3 Å². The number of para-hydroxylation sites is 1. The molecule has 0 radical (unpaired) electrons. The minimum absolute atomic E-state index is 0.375. The van der Waals surface area contributed by atoms with Crippen molar-refractivity contribution < 1.29 is 19.1 Å². The highest BCUT2D eigenvalue weighted by Crippen LogP contribution is 2.25. The maximum absolute atomic E-state index is 13.2. The van der Waals surface area contributed by atoms with Crippen molar-refractivity contribution >= 4 is 17.7 Å². The van der Waals surface area contributed by atoms with E-state index in [9.17, 15) is 19.1 Å². The van der Waals surface area contributed by atoms with Crippen molar-refractivity contribution in [2.75, 3.05) is 5.32 Å². The molecule has 7 nitrogen and oxygen atoms in total. The van der Waals surface area contributed by atoms with Crippen LogP contribution < -0.4 is 10.6 Å². The second kappa shape index (κ2) is 7.91. The molecule has 144 valence electrons. The van der Waals surface area contributed by atoms with E-state index in [4.69, 9.17) is 0 Å². The second-order valence-corrected chi connectivity index (χ2v) is 6.21. The van der Waals surface area contributed by atoms with Gasteiger partial charge in [-0.2, -0.15) is 5.10 Å². The molecule has 0 aliphatic heterocycles. The topological polar surface area (TPSA) is 96.3 Å². The number of halogens is 1. The van der Waals surface area contributed by atoms with E-state index in [-0.39, 0.29) is 5.82 Å². The zero-order valence-corrected chi connectivity index (χ0v) is 15.3. The molecule has 2 aromatic carbocycles. The normalized spacial score (nSPS) is 11.7. The van der Waals surface area contributed by atoms with Crippen LogP contribution in [0.3, 0.4) is 0 Å². The molecule has 0 fully saturated rings. The van der Waals surface area contributed by atoms with Gasteiger partial charge in [0, 0.05) is 16.9 Å². The van der Waals surface area contributed by atoms with Crippen LogP contribution in [0.5, 0.6) is 0 Å². The third-order valence-corrected chi connectivity index (χ3v) is 4.26. The Hall–Kier alpha value is -3.68. The Morgan fingerprint density at radius 2 is 1.71 bits per heavy atom. The van der Waals surface area contributed by atoms with Crippen LogP contribution in [0.2, 0.25) is 0 Å². The molecule has 1 aromatic heterocycles. The molecule has 0 saturated carbocycles. The number of carbonyl (C=O) groups is 2. The van der Waals surface area contributed by atoms with Crippen LogP contribution in [0, 0.1) is 19.7 Å². The van der Waals surface area contributed by atoms with Crippen LogP contribution in [-0.4, -0.2) is 26.9 Å². The minimum atomic E-state index is -1.29. The number of carboxylic acids is 1. The first-order valence-corrected chi connectivity index (χ1v) is 8.54. The maximum atomic E-state index is 13.2. The van der Waals surface area contributed by atoms with E-state index >= 15 is 0 Å². The van der Waals surface area contributed by atoms with Gasteiger partial charge in [0.1, 0.15) is 5.82 Å². The molecule has 2 amide bonds. The number of rotatable bonds is 5. The summed E-state index contributed by atoms with van der Waals surface area (Å²) in [7, 11) is 0. The fourth-order valence-electron chi connectivity index (χ4n) is 2.98. The van der Waals surface area contributed by atoms with Crippen LogP contribution in [-0.2, 0) is 4.79 Å². The van der Waals surface area contributed by atoms with Crippen molar-refractivity contribution in [1.29, 1.82) is 0 Å². The van der Waals surface area contributed by atoms with Gasteiger partial charge in [-0.05, 0) is 50.2 Å². The average Bonchev–Trinajstić information content (AvgIpc) is 2.95. The lowest BCUT2D eigenvalue weighted by molar-refractivity contribution is -0.139. The van der Waals surface area contributed by atoms with Crippen LogP contribution in [0.15, 0.2) is 54.6 Å². The summed E-state index contributed by atoms with van der Waals surface area (Å²) in [5.41, 5.74) is 2.50. The summed E-state index contributed by atoms with van der Waals surface area (Å²) in [6, 6.07) is 12.4. The highest BCUT2D eigenvalue weighted by Gasteiger charge is 2.29. The number of hydrogen-bond acceptors (Lipinski definition) is 3. The number of benzene rings is 2. The van der Waals surface area contributed by atoms with Gasteiger partial charge >= 0.3 is 12.0 Å². The first-order chi connectivity index (χ1) is 13.4. The van der Waals surface area contributed by atoms with E-state index in [0.717, 1.165) is 0 Å². The number of urea groups is 1. The Morgan fingerprint density at radius 1 is 1.07 bits per heavy atom. The molecule has 0 aliphatic carbocycles. The van der Waals surface area contributed by atoms with Gasteiger partial charge in [0.05, 0.1) is 11.4 Å². The standard InChI is InChI=1S/C20H19FN4O3/c1-12-17(13(2)25(24-12)16-10-8-14(21)9-11-16)18(19(26)27)23-20(28)22-15-6-4-3-5-7-15/h3-11,18H,1-2H3,(H,26,27)(H2,22,23,28)/t18-/m0/s1. The predicted octanol–water partition coefficient (Wildman–Crippen LogP) is 3.58. The molecule has 1 atom stereocenters. The summed E-state index contributed by atoms with van der Waals surface area (Å²) in [6.45, 7) is 3.36. The highest BCUT2D eigenvalue weighted by atomic mass is 19.1. The van der Waals surface area contributed by atoms with E-state index in [0.29, 0.717) is 28.3 Å². The van der Waals surface area contributed by atoms with E-state index in [1.165, 1.54) is 16.8 Å². The lowest BCUT2D eigenvalue weighted by atomic mass is 10.1. The summed E-state index contributed by atoms with van der Waals surface area (Å²) < 4.78 is 14.7. The van der Waals surface area contributed by atoms with Gasteiger partial charge in [0.25, 0.3) is 0 Å². The first-order valence-electron chi connectivity index (χ1n) is 8.54. The van der Waals surface area contributed by atoms with Crippen molar-refractivity contribution in [2.24, 2.45) is 0 Å². The molecular formula is C20H19FN4O3. The zero-order chi connectivity index (χ0) is 20.3. The summed E-state index contributed by atoms with van der Waals surface area (Å²) in [6.07, 6.45) is 0. The number of anilines is 1. The third kappa shape index (κ3) is 4.01. The number of hydrogen-bond donors (Lipinski definition) is 3. The van der Waals surface area contributed by atoms with Gasteiger partial charge in [-0.15, -0.1) is 0 Å². The molecule has 28 heavy (non-hydrogen) atoms. The average molecular weight is 382 g/mol. The molecule has 3 rings (SSSR count). The number of amides is 2. The quantitative estimate of drug-likeness (QED) is 0.628. The Labute approximate surface area is 160 Å². The van der Waals surface area contributed by atoms with Gasteiger partial charge in [0.2, 0.25) is 0 Å². The number of carboxylic acid groups (broad SMARTS) is 1. The van der Waals surface area contributed by atoms with E-state index < -0.39 is 18.0 Å². The number of carbonyl (C=O) groups excluding carboxylic acids is 1. The van der Waals surface area contributed by atoms with Crippen molar-refractivity contribution in [3.05, 3.63) is 77.4 Å². The van der Waals surface area contributed by atoms with Crippen LogP contribution in [0.4, 0.5) is 14.9 Å². The minimum Gasteiger partial charge on any atom is -0.479 e. The fraction of sp³-hybridized carbons (Fsp3) is 0.150. The molecule has 3 aromatic rings. The van der Waals surface area contributed by atoms with E-state index in [1.807, 2.05) is 0 Å². The molecule has 8 heteroatoms. The number of nitrogens with zero attached hydrogens (tertiary/aromatic N) is 2. The third-order valence-electron chi connectivity index (χ3n) is 4.26. The Balaban J connectivity index is 1.89. The second-order valence-electron chi connectivity index (χ2n) is 6.21. The number of aromatic nitrogens is 2. The lowest BCUT2D eigenvalue weighted by Crippen LogP contribution is -2.37. The summed E-state index contributed by atoms with van der Waals surface area (Å²) >= 11 is 0. The fourth-order valence-corrected chi connectivity index (χ4v) is 2.98. The van der Waals surface area contributed by atoms with Crippen LogP contribution >= 0.6 is 0 Å². The molecule has 0 unspecified atom stereocenters. The van der Waals surface area contributed by atoms with Gasteiger partial charge in [-0.1, -0.05) is 18.2 Å². The van der Waals surface area contributed by atoms with Gasteiger partial charge in [-0.3, -0.25) is 0 Å². The van der Waals surface area contributed by atoms with Crippen LogP contribution in [0.25, 0.3) is 5.69 Å². The van der Waals surface area contributed by atoms with Crippen LogP contribution in [0.1, 0.15) is 23.0 Å². The highest BCUT2D eigenvalue weighted by molar-refractivity contribution is 5.92. The van der Waals surface area contributed by atoms with Gasteiger partial charge in [-0.25, -0.2) is 18.7 Å². The monoisotopic (exact) mass is 382 g/mol. The molecular weight excluding hydrogens is 363 g/mol. The van der Waals surface area contributed by atoms with Gasteiger partial charge < -0.3 is 15.7 Å². The molecule has 1 heterocycles. The molecule has 0 aliphatic rings. The Kier molecular flexibility index (Phi) is 5.39. The van der Waals surface area contributed by atoms with Crippen molar-refractivity contribution in [3.63, 3.8) is 0 Å². The Bertz CT molecular complexity index is 1000. The molecule has 0 bridgehead atoms. The zero-order valence-electron chi connectivity index (χ0n) is 15.3. The lowest BCUT2D eigenvalue weighted by Gasteiger charge is -2.16. The smallest absolute Gasteiger partial charge is 0.331 e. The number of aliphatic carboxylic acids is 1. The maximum Gasteiger partial charge on any atom is 0.331 e. The predicted molar refractivity (Wildman–Crippen MR) is 102 cm³/mol. The summed E-state index contributed by atoms with van der Waals surface area (Å²) in [5, 5.41) is 19.1. The molecule has 0 saturated heterocycles. The summed E-state index contributed by atoms with van der Waals surface area (Å²) in [5.74, 6) is -1.60. The number of nitrogens with one attached hydrogen (secondary N) is 2. The van der Waals surface area contributed by atoms with E-state index in [2.05, 4.69) is 15.7 Å². The summed E-state index contributed by atoms with van der Waals surface area (Å²) in [4.78, 5) is 24.1. The van der Waals surface area contributed by atoms with Crippen molar-refractivity contribution in [2.45, 2.75) is 19.9 Å². The molecule has 3 N–H and O–H groups in total. The van der Waals surface area contributed by atoms with Crippen molar-refractivity contribution in [1.82, 2.24) is 15.1 Å².